The molecule has 1 amide bonds. The van der Waals surface area contributed by atoms with Crippen LogP contribution < -0.4 is 5.32 Å². The highest BCUT2D eigenvalue weighted by atomic mass is 16.5. The molecule has 2 spiro atoms. The second-order valence-corrected chi connectivity index (χ2v) is 11.9. The molecule has 0 radical (unpaired) electrons. The van der Waals surface area contributed by atoms with Gasteiger partial charge in [0.05, 0.1) is 31.3 Å². The predicted molar refractivity (Wildman–Crippen MR) is 129 cm³/mol. The molecule has 1 saturated heterocycles. The molecular formula is C28H36N2O3. The summed E-state index contributed by atoms with van der Waals surface area (Å²) in [5, 5.41) is 16.0. The second-order valence-electron chi connectivity index (χ2n) is 11.9. The number of anilines is 1. The molecular weight excluding hydrogens is 412 g/mol. The van der Waals surface area contributed by atoms with Gasteiger partial charge in [0.2, 0.25) is 5.91 Å². The van der Waals surface area contributed by atoms with Crippen LogP contribution in [-0.4, -0.2) is 41.9 Å². The van der Waals surface area contributed by atoms with Crippen LogP contribution in [-0.2, 0) is 9.53 Å². The Morgan fingerprint density at radius 3 is 2.70 bits per heavy atom. The fourth-order valence-corrected chi connectivity index (χ4v) is 8.09. The lowest BCUT2D eigenvalue weighted by Gasteiger charge is -2.55. The van der Waals surface area contributed by atoms with Crippen molar-refractivity contribution < 1.29 is 14.2 Å². The summed E-state index contributed by atoms with van der Waals surface area (Å²) in [5.74, 6) is 0.461. The third-order valence-corrected chi connectivity index (χ3v) is 9.89. The maximum absolute atomic E-state index is 13.4. The lowest BCUT2D eigenvalue weighted by Crippen LogP contribution is -2.57. The van der Waals surface area contributed by atoms with E-state index in [1.54, 1.807) is 14.1 Å². The van der Waals surface area contributed by atoms with Gasteiger partial charge >= 0.3 is 0 Å². The molecule has 33 heavy (non-hydrogen) atoms. The zero-order valence-corrected chi connectivity index (χ0v) is 20.1. The largest absolute Gasteiger partial charge is 0.633 e. The van der Waals surface area contributed by atoms with Crippen LogP contribution in [0.1, 0.15) is 58.3 Å². The number of nitrogens with one attached hydrogen (secondary N) is 1. The first-order chi connectivity index (χ1) is 15.7. The molecule has 6 atom stereocenters. The van der Waals surface area contributed by atoms with Crippen molar-refractivity contribution in [2.24, 2.45) is 17.3 Å². The highest BCUT2D eigenvalue weighted by Crippen LogP contribution is 2.67. The zero-order chi connectivity index (χ0) is 23.1. The normalized spacial score (nSPS) is 41.4. The van der Waals surface area contributed by atoms with Crippen molar-refractivity contribution in [3.05, 3.63) is 58.8 Å². The first kappa shape index (κ1) is 21.6. The predicted octanol–water partition coefficient (Wildman–Crippen LogP) is 5.34. The van der Waals surface area contributed by atoms with Gasteiger partial charge in [-0.25, -0.2) is 0 Å². The van der Waals surface area contributed by atoms with Crippen molar-refractivity contribution in [2.75, 3.05) is 19.4 Å². The molecule has 176 valence electrons. The fraction of sp³-hybridized carbons (Fsp3) is 0.607. The monoisotopic (exact) mass is 448 g/mol. The number of nitrogens with zero attached hydrogens (tertiary/aromatic N) is 1. The van der Waals surface area contributed by atoms with Gasteiger partial charge in [-0.3, -0.25) is 4.79 Å². The number of hydroxylamine groups is 3. The van der Waals surface area contributed by atoms with E-state index in [9.17, 15) is 10.0 Å². The number of benzene rings is 1. The number of para-hydroxylation sites is 1. The summed E-state index contributed by atoms with van der Waals surface area (Å²) >= 11 is 0. The molecule has 5 heteroatoms. The zero-order valence-electron chi connectivity index (χ0n) is 20.1. The number of quaternary nitrogens is 1. The van der Waals surface area contributed by atoms with Crippen molar-refractivity contribution in [1.29, 1.82) is 0 Å². The number of allylic oxidation sites excluding steroid dienone is 1. The van der Waals surface area contributed by atoms with E-state index in [4.69, 9.17) is 4.74 Å². The summed E-state index contributed by atoms with van der Waals surface area (Å²) in [5.41, 5.74) is 2.95. The molecule has 1 aromatic carbocycles. The van der Waals surface area contributed by atoms with Crippen LogP contribution in [0.25, 0.3) is 0 Å². The van der Waals surface area contributed by atoms with E-state index in [1.165, 1.54) is 11.1 Å². The molecule has 5 aliphatic rings. The van der Waals surface area contributed by atoms with Gasteiger partial charge in [-0.15, -0.1) is 0 Å². The van der Waals surface area contributed by atoms with Crippen molar-refractivity contribution in [1.82, 2.24) is 0 Å². The summed E-state index contributed by atoms with van der Waals surface area (Å²) in [7, 11) is 3.55. The molecule has 1 N–H and O–H groups in total. The van der Waals surface area contributed by atoms with Gasteiger partial charge in [-0.1, -0.05) is 37.3 Å². The molecule has 0 aromatic heterocycles. The summed E-state index contributed by atoms with van der Waals surface area (Å²) in [6, 6.07) is 9.89. The third-order valence-electron chi connectivity index (χ3n) is 9.89. The van der Waals surface area contributed by atoms with Crippen molar-refractivity contribution in [2.45, 2.75) is 75.5 Å². The summed E-state index contributed by atoms with van der Waals surface area (Å²) < 4.78 is 6.97. The average Bonchev–Trinajstić information content (AvgIpc) is 3.29. The van der Waals surface area contributed by atoms with Gasteiger partial charge in [-0.2, -0.15) is 0 Å². The third kappa shape index (κ3) is 3.05. The number of carbonyl (C=O) groups is 1. The van der Waals surface area contributed by atoms with E-state index in [0.29, 0.717) is 5.92 Å². The molecule has 6 rings (SSSR count). The van der Waals surface area contributed by atoms with Gasteiger partial charge in [0.15, 0.2) is 0 Å². The Hall–Kier alpha value is -1.95. The summed E-state index contributed by atoms with van der Waals surface area (Å²) in [6.07, 6.45) is 12.4. The highest BCUT2D eigenvalue weighted by Gasteiger charge is 2.67. The minimum atomic E-state index is -0.291. The molecule has 3 fully saturated rings. The summed E-state index contributed by atoms with van der Waals surface area (Å²) in [4.78, 5) is 13.4. The SMILES string of the molecule is C[C@]12CC=C3C=C4CC[C@H]([N+](C)(C)[O-])C[C@]45CCC3(O5)[C@@H]1CC[C@@H]2C(=O)Nc1ccccc1. The van der Waals surface area contributed by atoms with E-state index < -0.39 is 0 Å². The van der Waals surface area contributed by atoms with E-state index >= 15 is 0 Å². The van der Waals surface area contributed by atoms with Crippen LogP contribution in [0, 0.1) is 22.5 Å². The lowest BCUT2D eigenvalue weighted by atomic mass is 9.58. The standard InChI is InChI=1S/C28H36N2O3/c1-26-14-13-20-17-19-9-10-22(30(2,3)32)18-27(19)15-16-28(20,33-27)24(26)12-11-23(26)25(31)29-21-7-5-4-6-8-21/h4-8,13,17,22-24H,9-12,14-16,18H2,1-3H3,(H,29,31)/t22-,23+,24+,26+,27+,28?/m0/s1. The Bertz CT molecular complexity index is 1040. The van der Waals surface area contributed by atoms with Crippen molar-refractivity contribution >= 4 is 11.6 Å². The molecule has 1 unspecified atom stereocenters. The van der Waals surface area contributed by atoms with Gasteiger partial charge in [0, 0.05) is 24.4 Å². The fourth-order valence-electron chi connectivity index (χ4n) is 8.09. The Morgan fingerprint density at radius 1 is 1.15 bits per heavy atom. The lowest BCUT2D eigenvalue weighted by molar-refractivity contribution is -0.869. The molecule has 2 bridgehead atoms. The summed E-state index contributed by atoms with van der Waals surface area (Å²) in [6.45, 7) is 2.32. The maximum atomic E-state index is 13.4. The topological polar surface area (TPSA) is 61.4 Å². The van der Waals surface area contributed by atoms with Crippen LogP contribution in [0.2, 0.25) is 0 Å². The Labute approximate surface area is 197 Å². The van der Waals surface area contributed by atoms with Crippen LogP contribution in [0.3, 0.4) is 0 Å². The van der Waals surface area contributed by atoms with Crippen LogP contribution in [0.4, 0.5) is 5.69 Å². The van der Waals surface area contributed by atoms with Gasteiger partial charge in [-0.05, 0) is 73.1 Å². The van der Waals surface area contributed by atoms with Gasteiger partial charge in [0.1, 0.15) is 0 Å². The van der Waals surface area contributed by atoms with Crippen molar-refractivity contribution in [3.8, 4) is 0 Å². The van der Waals surface area contributed by atoms with Crippen LogP contribution in [0.15, 0.2) is 53.6 Å². The molecule has 2 aliphatic heterocycles. The van der Waals surface area contributed by atoms with Gasteiger partial charge < -0.3 is 19.9 Å². The molecule has 5 nitrogen and oxygen atoms in total. The first-order valence-corrected chi connectivity index (χ1v) is 12.7. The van der Waals surface area contributed by atoms with Gasteiger partial charge in [0.25, 0.3) is 0 Å². The minimum absolute atomic E-state index is 0.0169. The first-order valence-electron chi connectivity index (χ1n) is 12.7. The Morgan fingerprint density at radius 2 is 1.94 bits per heavy atom. The number of hydrogen-bond donors (Lipinski definition) is 1. The maximum Gasteiger partial charge on any atom is 0.228 e. The molecule has 3 aliphatic carbocycles. The van der Waals surface area contributed by atoms with E-state index in [2.05, 4.69) is 24.4 Å². The van der Waals surface area contributed by atoms with Crippen molar-refractivity contribution in [3.63, 3.8) is 0 Å². The Kier molecular flexibility index (Phi) is 4.60. The van der Waals surface area contributed by atoms with E-state index in [0.717, 1.165) is 57.1 Å². The quantitative estimate of drug-likeness (QED) is 0.501. The number of carbonyl (C=O) groups excluding carboxylic acids is 1. The number of amides is 1. The minimum Gasteiger partial charge on any atom is -0.633 e. The number of ether oxygens (including phenoxy) is 1. The van der Waals surface area contributed by atoms with E-state index in [-0.39, 0.29) is 39.1 Å². The van der Waals surface area contributed by atoms with Crippen LogP contribution >= 0.6 is 0 Å². The molecule has 2 saturated carbocycles. The highest BCUT2D eigenvalue weighted by molar-refractivity contribution is 5.93. The average molecular weight is 449 g/mol. The molecule has 2 heterocycles. The smallest absolute Gasteiger partial charge is 0.228 e. The van der Waals surface area contributed by atoms with E-state index in [1.807, 2.05) is 30.3 Å². The number of fused-ring (bicyclic) bond motifs is 1. The second kappa shape index (κ2) is 7.03. The van der Waals surface area contributed by atoms with Crippen LogP contribution in [0.5, 0.6) is 0 Å². The Balaban J connectivity index is 1.31. The number of rotatable bonds is 3. The number of hydrogen-bond acceptors (Lipinski definition) is 3. The molecule has 1 aromatic rings.